The predicted molar refractivity (Wildman–Crippen MR) is 57.4 cm³/mol. The summed E-state index contributed by atoms with van der Waals surface area (Å²) in [5, 5.41) is 10.5. The van der Waals surface area contributed by atoms with Crippen LogP contribution in [-0.2, 0) is 10.3 Å². The molecule has 3 nitrogen and oxygen atoms in total. The van der Waals surface area contributed by atoms with Gasteiger partial charge in [-0.2, -0.15) is 0 Å². The van der Waals surface area contributed by atoms with E-state index in [2.05, 4.69) is 4.98 Å². The molecule has 0 aromatic carbocycles. The number of nitrogens with zero attached hydrogens (tertiary/aromatic N) is 1. The summed E-state index contributed by atoms with van der Waals surface area (Å²) in [6, 6.07) is 3.77. The molecule has 2 rings (SSSR count). The van der Waals surface area contributed by atoms with E-state index < -0.39 is 5.60 Å². The minimum atomic E-state index is -0.825. The van der Waals surface area contributed by atoms with Gasteiger partial charge >= 0.3 is 0 Å². The maximum Gasteiger partial charge on any atom is 0.0933 e. The van der Waals surface area contributed by atoms with Crippen LogP contribution in [0.25, 0.3) is 0 Å². The second kappa shape index (κ2) is 4.29. The first-order valence-corrected chi connectivity index (χ1v) is 5.42. The molecule has 1 fully saturated rings. The fraction of sp³-hybridized carbons (Fsp3) is 0.583. The van der Waals surface area contributed by atoms with Gasteiger partial charge in [-0.05, 0) is 25.8 Å². The molecule has 1 aromatic rings. The first-order chi connectivity index (χ1) is 7.21. The van der Waals surface area contributed by atoms with E-state index in [-0.39, 0.29) is 5.92 Å². The average molecular weight is 207 g/mol. The van der Waals surface area contributed by atoms with Crippen LogP contribution >= 0.6 is 0 Å². The Morgan fingerprint density at radius 1 is 1.60 bits per heavy atom. The summed E-state index contributed by atoms with van der Waals surface area (Å²) in [4.78, 5) is 4.04. The second-order valence-electron chi connectivity index (χ2n) is 4.30. The minimum absolute atomic E-state index is 0.176. The van der Waals surface area contributed by atoms with Crippen LogP contribution < -0.4 is 0 Å². The summed E-state index contributed by atoms with van der Waals surface area (Å²) in [5.41, 5.74) is 0.0507. The molecule has 0 radical (unpaired) electrons. The zero-order valence-electron chi connectivity index (χ0n) is 9.02. The number of aromatic nitrogens is 1. The molecule has 2 heterocycles. The van der Waals surface area contributed by atoms with Gasteiger partial charge in [0.05, 0.1) is 12.2 Å². The lowest BCUT2D eigenvalue weighted by Gasteiger charge is -2.35. The van der Waals surface area contributed by atoms with Crippen molar-refractivity contribution in [1.29, 1.82) is 0 Å². The molecule has 0 amide bonds. The summed E-state index contributed by atoms with van der Waals surface area (Å²) in [5.74, 6) is 0.176. The Morgan fingerprint density at radius 2 is 2.47 bits per heavy atom. The molecule has 2 unspecified atom stereocenters. The third-order valence-electron chi connectivity index (χ3n) is 3.20. The van der Waals surface area contributed by atoms with Gasteiger partial charge in [-0.3, -0.25) is 4.98 Å². The fourth-order valence-corrected chi connectivity index (χ4v) is 2.08. The lowest BCUT2D eigenvalue weighted by atomic mass is 9.80. The van der Waals surface area contributed by atoms with E-state index in [0.29, 0.717) is 6.61 Å². The van der Waals surface area contributed by atoms with Crippen molar-refractivity contribution < 1.29 is 9.84 Å². The molecule has 82 valence electrons. The maximum absolute atomic E-state index is 10.5. The summed E-state index contributed by atoms with van der Waals surface area (Å²) in [7, 11) is 0. The van der Waals surface area contributed by atoms with E-state index in [9.17, 15) is 5.11 Å². The van der Waals surface area contributed by atoms with Crippen LogP contribution in [0.4, 0.5) is 0 Å². The Labute approximate surface area is 90.1 Å². The largest absolute Gasteiger partial charge is 0.385 e. The van der Waals surface area contributed by atoms with Crippen LogP contribution in [0, 0.1) is 5.92 Å². The van der Waals surface area contributed by atoms with Gasteiger partial charge in [0.2, 0.25) is 0 Å². The standard InChI is InChI=1S/C12H17NO2/c1-12(14,10-4-2-6-13-8-10)11-5-3-7-15-9-11/h2,4,6,8,11,14H,3,5,7,9H2,1H3. The van der Waals surface area contributed by atoms with Crippen molar-refractivity contribution in [3.63, 3.8) is 0 Å². The highest BCUT2D eigenvalue weighted by Crippen LogP contribution is 2.33. The van der Waals surface area contributed by atoms with Crippen molar-refractivity contribution in [1.82, 2.24) is 4.98 Å². The first-order valence-electron chi connectivity index (χ1n) is 5.42. The molecule has 1 saturated heterocycles. The van der Waals surface area contributed by atoms with Gasteiger partial charge in [0.25, 0.3) is 0 Å². The molecule has 15 heavy (non-hydrogen) atoms. The monoisotopic (exact) mass is 207 g/mol. The van der Waals surface area contributed by atoms with Crippen LogP contribution in [-0.4, -0.2) is 23.3 Å². The van der Waals surface area contributed by atoms with E-state index >= 15 is 0 Å². The van der Waals surface area contributed by atoms with Gasteiger partial charge < -0.3 is 9.84 Å². The van der Waals surface area contributed by atoms with E-state index in [1.807, 2.05) is 19.1 Å². The normalized spacial score (nSPS) is 25.9. The molecule has 1 aromatic heterocycles. The third-order valence-corrected chi connectivity index (χ3v) is 3.20. The van der Waals surface area contributed by atoms with Crippen molar-refractivity contribution in [3.8, 4) is 0 Å². The van der Waals surface area contributed by atoms with Crippen LogP contribution in [0.5, 0.6) is 0 Å². The smallest absolute Gasteiger partial charge is 0.0933 e. The number of hydrogen-bond acceptors (Lipinski definition) is 3. The summed E-state index contributed by atoms with van der Waals surface area (Å²) >= 11 is 0. The molecule has 1 aliphatic heterocycles. The molecule has 1 N–H and O–H groups in total. The Balaban J connectivity index is 2.18. The van der Waals surface area contributed by atoms with Crippen molar-refractivity contribution in [2.45, 2.75) is 25.4 Å². The summed E-state index contributed by atoms with van der Waals surface area (Å²) < 4.78 is 5.41. The summed E-state index contributed by atoms with van der Waals surface area (Å²) in [6.07, 6.45) is 5.49. The Morgan fingerprint density at radius 3 is 3.07 bits per heavy atom. The highest BCUT2D eigenvalue weighted by Gasteiger charge is 2.35. The molecular formula is C12H17NO2. The molecule has 2 atom stereocenters. The molecule has 0 saturated carbocycles. The van der Waals surface area contributed by atoms with Gasteiger partial charge in [0, 0.05) is 30.5 Å². The number of ether oxygens (including phenoxy) is 1. The van der Waals surface area contributed by atoms with Gasteiger partial charge in [0.15, 0.2) is 0 Å². The highest BCUT2D eigenvalue weighted by atomic mass is 16.5. The zero-order valence-corrected chi connectivity index (χ0v) is 9.02. The Bertz CT molecular complexity index is 305. The van der Waals surface area contributed by atoms with E-state index in [0.717, 1.165) is 25.0 Å². The highest BCUT2D eigenvalue weighted by molar-refractivity contribution is 5.18. The summed E-state index contributed by atoms with van der Waals surface area (Å²) in [6.45, 7) is 3.31. The van der Waals surface area contributed by atoms with Crippen molar-refractivity contribution in [3.05, 3.63) is 30.1 Å². The lowest BCUT2D eigenvalue weighted by molar-refractivity contribution is -0.0725. The average Bonchev–Trinajstić information content (AvgIpc) is 2.31. The molecule has 0 bridgehead atoms. The Hall–Kier alpha value is -0.930. The number of aliphatic hydroxyl groups is 1. The van der Waals surface area contributed by atoms with Crippen LogP contribution in [0.15, 0.2) is 24.5 Å². The van der Waals surface area contributed by atoms with Crippen LogP contribution in [0.1, 0.15) is 25.3 Å². The first kappa shape index (κ1) is 10.6. The topological polar surface area (TPSA) is 42.4 Å². The molecular weight excluding hydrogens is 190 g/mol. The van der Waals surface area contributed by atoms with Gasteiger partial charge in [-0.25, -0.2) is 0 Å². The SMILES string of the molecule is CC(O)(c1cccnc1)C1CCCOC1. The maximum atomic E-state index is 10.5. The lowest BCUT2D eigenvalue weighted by Crippen LogP contribution is -2.37. The number of rotatable bonds is 2. The minimum Gasteiger partial charge on any atom is -0.385 e. The van der Waals surface area contributed by atoms with Crippen LogP contribution in [0.2, 0.25) is 0 Å². The van der Waals surface area contributed by atoms with Gasteiger partial charge in [-0.1, -0.05) is 6.07 Å². The van der Waals surface area contributed by atoms with E-state index in [1.54, 1.807) is 12.4 Å². The molecule has 3 heteroatoms. The van der Waals surface area contributed by atoms with Crippen LogP contribution in [0.3, 0.4) is 0 Å². The number of hydrogen-bond donors (Lipinski definition) is 1. The fourth-order valence-electron chi connectivity index (χ4n) is 2.08. The van der Waals surface area contributed by atoms with Crippen molar-refractivity contribution in [2.75, 3.05) is 13.2 Å². The Kier molecular flexibility index (Phi) is 3.03. The van der Waals surface area contributed by atoms with Gasteiger partial charge in [0.1, 0.15) is 0 Å². The predicted octanol–water partition coefficient (Wildman–Crippen LogP) is 1.72. The zero-order chi connectivity index (χ0) is 10.7. The third kappa shape index (κ3) is 2.19. The second-order valence-corrected chi connectivity index (χ2v) is 4.30. The number of pyridine rings is 1. The van der Waals surface area contributed by atoms with Crippen molar-refractivity contribution >= 4 is 0 Å². The van der Waals surface area contributed by atoms with E-state index in [1.165, 1.54) is 0 Å². The molecule has 0 spiro atoms. The molecule has 1 aliphatic rings. The van der Waals surface area contributed by atoms with Gasteiger partial charge in [-0.15, -0.1) is 0 Å². The van der Waals surface area contributed by atoms with Crippen molar-refractivity contribution in [2.24, 2.45) is 5.92 Å². The molecule has 0 aliphatic carbocycles. The quantitative estimate of drug-likeness (QED) is 0.802. The van der Waals surface area contributed by atoms with E-state index in [4.69, 9.17) is 4.74 Å².